The molecule has 1 nitrogen and oxygen atoms in total. The van der Waals surface area contributed by atoms with E-state index in [9.17, 15) is 5.11 Å². The Morgan fingerprint density at radius 3 is 1.87 bits per heavy atom. The highest BCUT2D eigenvalue weighted by Crippen LogP contribution is 2.50. The number of benzene rings is 1. The van der Waals surface area contributed by atoms with Crippen molar-refractivity contribution in [3.8, 4) is 0 Å². The van der Waals surface area contributed by atoms with Crippen molar-refractivity contribution < 1.29 is 5.11 Å². The lowest BCUT2D eigenvalue weighted by atomic mass is 9.84. The van der Waals surface area contributed by atoms with Gasteiger partial charge < -0.3 is 5.11 Å². The zero-order chi connectivity index (χ0) is 11.2. The summed E-state index contributed by atoms with van der Waals surface area (Å²) in [6.07, 6.45) is 2.29. The van der Waals surface area contributed by atoms with Gasteiger partial charge in [0.15, 0.2) is 0 Å². The monoisotopic (exact) mass is 204 g/mol. The van der Waals surface area contributed by atoms with Crippen LogP contribution in [0.2, 0.25) is 0 Å². The minimum absolute atomic E-state index is 0.102. The van der Waals surface area contributed by atoms with Crippen molar-refractivity contribution in [2.24, 2.45) is 0 Å². The molecule has 1 fully saturated rings. The minimum atomic E-state index is 0.102. The molecule has 1 aromatic carbocycles. The molecular weight excluding hydrogens is 184 g/mol. The molecule has 82 valence electrons. The summed E-state index contributed by atoms with van der Waals surface area (Å²) < 4.78 is 0. The predicted octanol–water partition coefficient (Wildman–Crippen LogP) is 2.94. The number of aliphatic hydroxyl groups excluding tert-OH is 1. The first-order chi connectivity index (χ1) is 7.02. The van der Waals surface area contributed by atoms with Crippen molar-refractivity contribution in [3.63, 3.8) is 0 Å². The van der Waals surface area contributed by atoms with Crippen LogP contribution in [0, 0.1) is 27.7 Å². The van der Waals surface area contributed by atoms with Crippen molar-refractivity contribution >= 4 is 0 Å². The van der Waals surface area contributed by atoms with E-state index in [0.717, 1.165) is 12.8 Å². The van der Waals surface area contributed by atoms with Crippen molar-refractivity contribution in [2.45, 2.75) is 46.0 Å². The lowest BCUT2D eigenvalue weighted by Crippen LogP contribution is -2.16. The molecule has 1 aliphatic rings. The first-order valence-corrected chi connectivity index (χ1v) is 5.70. The molecule has 0 bridgehead atoms. The van der Waals surface area contributed by atoms with Crippen LogP contribution < -0.4 is 0 Å². The van der Waals surface area contributed by atoms with Crippen molar-refractivity contribution in [3.05, 3.63) is 33.9 Å². The fourth-order valence-corrected chi connectivity index (χ4v) is 2.65. The normalized spacial score (nSPS) is 17.9. The van der Waals surface area contributed by atoms with E-state index in [1.54, 1.807) is 0 Å². The first-order valence-electron chi connectivity index (χ1n) is 5.70. The lowest BCUT2D eigenvalue weighted by molar-refractivity contribution is 0.254. The Morgan fingerprint density at radius 1 is 1.07 bits per heavy atom. The van der Waals surface area contributed by atoms with E-state index in [4.69, 9.17) is 0 Å². The number of hydrogen-bond donors (Lipinski definition) is 1. The molecule has 1 aromatic rings. The van der Waals surface area contributed by atoms with Crippen LogP contribution in [-0.2, 0) is 5.41 Å². The summed E-state index contributed by atoms with van der Waals surface area (Å²) in [6.45, 7) is 9.01. The summed E-state index contributed by atoms with van der Waals surface area (Å²) in [4.78, 5) is 0. The molecule has 0 saturated heterocycles. The fourth-order valence-electron chi connectivity index (χ4n) is 2.65. The molecule has 1 heteroatoms. The van der Waals surface area contributed by atoms with Gasteiger partial charge in [-0.2, -0.15) is 0 Å². The molecule has 0 heterocycles. The van der Waals surface area contributed by atoms with Gasteiger partial charge in [0, 0.05) is 5.41 Å². The first kappa shape index (κ1) is 10.7. The summed E-state index contributed by atoms with van der Waals surface area (Å²) in [7, 11) is 0. The van der Waals surface area contributed by atoms with Crippen LogP contribution in [0.4, 0.5) is 0 Å². The van der Waals surface area contributed by atoms with E-state index in [0.29, 0.717) is 6.61 Å². The summed E-state index contributed by atoms with van der Waals surface area (Å²) in [5.41, 5.74) is 6.99. The molecule has 15 heavy (non-hydrogen) atoms. The highest BCUT2D eigenvalue weighted by Gasteiger charge is 2.45. The van der Waals surface area contributed by atoms with Gasteiger partial charge in [-0.05, 0) is 68.4 Å². The van der Waals surface area contributed by atoms with E-state index < -0.39 is 0 Å². The van der Waals surface area contributed by atoms with Gasteiger partial charge in [0.1, 0.15) is 0 Å². The third-order valence-electron chi connectivity index (χ3n) is 4.05. The third kappa shape index (κ3) is 1.50. The maximum atomic E-state index is 9.54. The SMILES string of the molecule is Cc1cc(C)c(C)c(C2(CO)CC2)c1C. The Bertz CT molecular complexity index is 374. The maximum absolute atomic E-state index is 9.54. The number of aryl methyl sites for hydroxylation is 2. The maximum Gasteiger partial charge on any atom is 0.0528 e. The largest absolute Gasteiger partial charge is 0.395 e. The van der Waals surface area contributed by atoms with Crippen LogP contribution in [0.1, 0.15) is 40.7 Å². The Labute approximate surface area is 92.1 Å². The van der Waals surface area contributed by atoms with Gasteiger partial charge in [0.25, 0.3) is 0 Å². The molecule has 0 unspecified atom stereocenters. The molecule has 0 aromatic heterocycles. The molecule has 0 amide bonds. The van der Waals surface area contributed by atoms with Crippen LogP contribution in [0.25, 0.3) is 0 Å². The van der Waals surface area contributed by atoms with Crippen LogP contribution >= 0.6 is 0 Å². The molecular formula is C14H20O. The zero-order valence-corrected chi connectivity index (χ0v) is 10.1. The van der Waals surface area contributed by atoms with Crippen LogP contribution in [0.5, 0.6) is 0 Å². The van der Waals surface area contributed by atoms with Crippen LogP contribution in [0.3, 0.4) is 0 Å². The van der Waals surface area contributed by atoms with Gasteiger partial charge in [-0.3, -0.25) is 0 Å². The minimum Gasteiger partial charge on any atom is -0.395 e. The second-order valence-corrected chi connectivity index (χ2v) is 5.07. The van der Waals surface area contributed by atoms with E-state index >= 15 is 0 Å². The second-order valence-electron chi connectivity index (χ2n) is 5.07. The zero-order valence-electron chi connectivity index (χ0n) is 10.1. The highest BCUT2D eigenvalue weighted by molar-refractivity contribution is 5.50. The van der Waals surface area contributed by atoms with Crippen molar-refractivity contribution in [2.75, 3.05) is 6.61 Å². The van der Waals surface area contributed by atoms with Gasteiger partial charge in [-0.25, -0.2) is 0 Å². The molecule has 0 spiro atoms. The third-order valence-corrected chi connectivity index (χ3v) is 4.05. The number of hydrogen-bond acceptors (Lipinski definition) is 1. The molecule has 0 atom stereocenters. The quantitative estimate of drug-likeness (QED) is 0.785. The van der Waals surface area contributed by atoms with Gasteiger partial charge >= 0.3 is 0 Å². The summed E-state index contributed by atoms with van der Waals surface area (Å²) in [5.74, 6) is 0. The Hall–Kier alpha value is -0.820. The van der Waals surface area contributed by atoms with Gasteiger partial charge in [0.05, 0.1) is 6.61 Å². The second kappa shape index (κ2) is 3.34. The Morgan fingerprint density at radius 2 is 1.53 bits per heavy atom. The molecule has 2 rings (SSSR count). The van der Waals surface area contributed by atoms with Gasteiger partial charge in [0.2, 0.25) is 0 Å². The molecule has 0 aliphatic heterocycles. The average Bonchev–Trinajstić information content (AvgIpc) is 2.96. The highest BCUT2D eigenvalue weighted by atomic mass is 16.3. The lowest BCUT2D eigenvalue weighted by Gasteiger charge is -2.22. The Kier molecular flexibility index (Phi) is 2.38. The van der Waals surface area contributed by atoms with Crippen LogP contribution in [0.15, 0.2) is 6.07 Å². The molecule has 1 saturated carbocycles. The van der Waals surface area contributed by atoms with E-state index in [1.165, 1.54) is 27.8 Å². The van der Waals surface area contributed by atoms with Crippen LogP contribution in [-0.4, -0.2) is 11.7 Å². The number of rotatable bonds is 2. The predicted molar refractivity (Wildman–Crippen MR) is 63.4 cm³/mol. The Balaban J connectivity index is 2.64. The summed E-state index contributed by atoms with van der Waals surface area (Å²) in [6, 6.07) is 2.25. The molecule has 1 N–H and O–H groups in total. The summed E-state index contributed by atoms with van der Waals surface area (Å²) in [5, 5.41) is 9.54. The standard InChI is InChI=1S/C14H20O/c1-9-7-10(2)12(4)13(11(9)3)14(8-15)5-6-14/h7,15H,5-6,8H2,1-4H3. The molecule has 1 aliphatic carbocycles. The average molecular weight is 204 g/mol. The van der Waals surface area contributed by atoms with Gasteiger partial charge in [-0.1, -0.05) is 6.07 Å². The van der Waals surface area contributed by atoms with Crippen molar-refractivity contribution in [1.82, 2.24) is 0 Å². The van der Waals surface area contributed by atoms with Gasteiger partial charge in [-0.15, -0.1) is 0 Å². The molecule has 0 radical (unpaired) electrons. The smallest absolute Gasteiger partial charge is 0.0528 e. The topological polar surface area (TPSA) is 20.2 Å². The van der Waals surface area contributed by atoms with E-state index in [-0.39, 0.29) is 5.41 Å². The van der Waals surface area contributed by atoms with E-state index in [2.05, 4.69) is 33.8 Å². The summed E-state index contributed by atoms with van der Waals surface area (Å²) >= 11 is 0. The van der Waals surface area contributed by atoms with E-state index in [1.807, 2.05) is 0 Å². The fraction of sp³-hybridized carbons (Fsp3) is 0.571. The van der Waals surface area contributed by atoms with Crippen molar-refractivity contribution in [1.29, 1.82) is 0 Å². The number of aliphatic hydroxyl groups is 1.